The fraction of sp³-hybridized carbons (Fsp3) is 1.00. The average molecular weight is 649 g/mol. The van der Waals surface area contributed by atoms with Gasteiger partial charge in [-0.1, -0.05) is 39.0 Å². The molecular weight excluding hydrogens is 620 g/mol. The molecular formula is C22H29F18N. The molecule has 0 fully saturated rings. The lowest BCUT2D eigenvalue weighted by molar-refractivity contribution is -0.396. The van der Waals surface area contributed by atoms with Gasteiger partial charge in [0.25, 0.3) is 0 Å². The van der Waals surface area contributed by atoms with E-state index < -0.39 is 92.0 Å². The summed E-state index contributed by atoms with van der Waals surface area (Å²) < 4.78 is 235. The van der Waals surface area contributed by atoms with Gasteiger partial charge in [0.1, 0.15) is 0 Å². The topological polar surface area (TPSA) is 26.0 Å². The van der Waals surface area contributed by atoms with Crippen LogP contribution in [0.2, 0.25) is 0 Å². The van der Waals surface area contributed by atoms with E-state index in [2.05, 4.69) is 0 Å². The van der Waals surface area contributed by atoms with Crippen molar-refractivity contribution in [3.63, 3.8) is 0 Å². The minimum absolute atomic E-state index is 0.0773. The van der Waals surface area contributed by atoms with E-state index in [0.717, 1.165) is 0 Å². The summed E-state index contributed by atoms with van der Waals surface area (Å²) in [5, 5.41) is 0. The van der Waals surface area contributed by atoms with Crippen molar-refractivity contribution in [2.24, 2.45) is 5.73 Å². The van der Waals surface area contributed by atoms with Gasteiger partial charge in [0.15, 0.2) is 0 Å². The standard InChI is InChI=1S/C22H29F18N/c1-2-3-4-5-6-9-14(41,10-7-12-15(23,24)17(27,28)19(31,32)21(35,36)37)11-8-13-16(25,26)18(29,30)20(33,34)22(38,39)40/h2-13,41H2,1H3. The van der Waals surface area contributed by atoms with Crippen molar-refractivity contribution >= 4 is 0 Å². The van der Waals surface area contributed by atoms with Crippen LogP contribution in [0.25, 0.3) is 0 Å². The second-order valence-corrected chi connectivity index (χ2v) is 9.94. The van der Waals surface area contributed by atoms with Gasteiger partial charge in [0, 0.05) is 18.4 Å². The minimum atomic E-state index is -7.15. The highest BCUT2D eigenvalue weighted by Crippen LogP contribution is 2.56. The van der Waals surface area contributed by atoms with Crippen LogP contribution in [0.15, 0.2) is 0 Å². The maximum absolute atomic E-state index is 13.8. The van der Waals surface area contributed by atoms with Crippen molar-refractivity contribution in [1.82, 2.24) is 0 Å². The predicted molar refractivity (Wildman–Crippen MR) is 110 cm³/mol. The Kier molecular flexibility index (Phi) is 12.7. The monoisotopic (exact) mass is 649 g/mol. The third-order valence-corrected chi connectivity index (χ3v) is 6.53. The molecule has 0 aliphatic carbocycles. The van der Waals surface area contributed by atoms with Crippen LogP contribution in [0, 0.1) is 0 Å². The smallest absolute Gasteiger partial charge is 0.325 e. The van der Waals surface area contributed by atoms with Crippen LogP contribution in [0.4, 0.5) is 79.0 Å². The lowest BCUT2D eigenvalue weighted by Gasteiger charge is -2.36. The summed E-state index contributed by atoms with van der Waals surface area (Å²) >= 11 is 0. The van der Waals surface area contributed by atoms with Gasteiger partial charge in [-0.3, -0.25) is 0 Å². The largest absolute Gasteiger partial charge is 0.460 e. The highest BCUT2D eigenvalue weighted by Gasteiger charge is 2.82. The summed E-state index contributed by atoms with van der Waals surface area (Å²) in [6.45, 7) is 1.80. The molecule has 0 radical (unpaired) electrons. The van der Waals surface area contributed by atoms with E-state index in [1.807, 2.05) is 0 Å². The third kappa shape index (κ3) is 8.86. The van der Waals surface area contributed by atoms with Crippen molar-refractivity contribution in [3.05, 3.63) is 0 Å². The minimum Gasteiger partial charge on any atom is -0.325 e. The maximum atomic E-state index is 13.8. The van der Waals surface area contributed by atoms with Crippen molar-refractivity contribution in [1.29, 1.82) is 0 Å². The lowest BCUT2D eigenvalue weighted by Crippen LogP contribution is -2.61. The summed E-state index contributed by atoms with van der Waals surface area (Å²) in [4.78, 5) is 0. The van der Waals surface area contributed by atoms with Crippen LogP contribution >= 0.6 is 0 Å². The van der Waals surface area contributed by atoms with Crippen LogP contribution in [-0.2, 0) is 0 Å². The van der Waals surface area contributed by atoms with Crippen molar-refractivity contribution in [2.45, 2.75) is 137 Å². The molecule has 248 valence electrons. The van der Waals surface area contributed by atoms with Gasteiger partial charge in [0.2, 0.25) is 0 Å². The highest BCUT2D eigenvalue weighted by atomic mass is 19.4. The Bertz CT molecular complexity index is 743. The van der Waals surface area contributed by atoms with Crippen molar-refractivity contribution in [3.8, 4) is 0 Å². The third-order valence-electron chi connectivity index (χ3n) is 6.53. The summed E-state index contributed by atoms with van der Waals surface area (Å²) in [7, 11) is 0. The number of halogens is 18. The Morgan fingerprint density at radius 1 is 0.366 bits per heavy atom. The van der Waals surface area contributed by atoms with Gasteiger partial charge in [-0.2, -0.15) is 79.0 Å². The molecule has 0 saturated heterocycles. The number of hydrogen-bond donors (Lipinski definition) is 1. The molecule has 0 rings (SSSR count). The second-order valence-electron chi connectivity index (χ2n) is 9.94. The molecule has 0 aromatic rings. The number of unbranched alkanes of at least 4 members (excludes halogenated alkanes) is 4. The highest BCUT2D eigenvalue weighted by molar-refractivity contribution is 5.02. The molecule has 0 heterocycles. The first-order chi connectivity index (χ1) is 18.0. The first kappa shape index (κ1) is 39.7. The summed E-state index contributed by atoms with van der Waals surface area (Å²) in [5.41, 5.74) is 3.87. The zero-order valence-electron chi connectivity index (χ0n) is 21.4. The van der Waals surface area contributed by atoms with E-state index in [1.165, 1.54) is 0 Å². The number of alkyl halides is 18. The Hall–Kier alpha value is -1.30. The van der Waals surface area contributed by atoms with E-state index in [0.29, 0.717) is 25.7 Å². The number of rotatable bonds is 18. The molecule has 0 unspecified atom stereocenters. The molecule has 0 spiro atoms. The normalized spacial score (nSPS) is 15.5. The number of hydrogen-bond acceptors (Lipinski definition) is 1. The first-order valence-electron chi connectivity index (χ1n) is 12.2. The van der Waals surface area contributed by atoms with E-state index in [9.17, 15) is 79.0 Å². The van der Waals surface area contributed by atoms with Crippen LogP contribution in [0.1, 0.15) is 84.0 Å². The van der Waals surface area contributed by atoms with Crippen molar-refractivity contribution in [2.75, 3.05) is 0 Å². The maximum Gasteiger partial charge on any atom is 0.460 e. The van der Waals surface area contributed by atoms with Crippen molar-refractivity contribution < 1.29 is 79.0 Å². The zero-order chi connectivity index (χ0) is 33.0. The Morgan fingerprint density at radius 2 is 0.659 bits per heavy atom. The van der Waals surface area contributed by atoms with Crippen LogP contribution in [0.5, 0.6) is 0 Å². The summed E-state index contributed by atoms with van der Waals surface area (Å²) in [6, 6.07) is 0. The molecule has 0 bridgehead atoms. The van der Waals surface area contributed by atoms with Gasteiger partial charge in [-0.05, 0) is 32.1 Å². The molecule has 0 saturated carbocycles. The second kappa shape index (κ2) is 13.1. The van der Waals surface area contributed by atoms with Gasteiger partial charge >= 0.3 is 47.9 Å². The van der Waals surface area contributed by atoms with E-state index in [4.69, 9.17) is 5.73 Å². The summed E-state index contributed by atoms with van der Waals surface area (Å²) in [6.07, 6.45) is -21.2. The lowest BCUT2D eigenvalue weighted by atomic mass is 9.81. The van der Waals surface area contributed by atoms with Gasteiger partial charge in [-0.15, -0.1) is 0 Å². The Balaban J connectivity index is 5.69. The van der Waals surface area contributed by atoms with E-state index in [1.54, 1.807) is 6.92 Å². The zero-order valence-corrected chi connectivity index (χ0v) is 21.4. The van der Waals surface area contributed by atoms with Crippen LogP contribution in [0.3, 0.4) is 0 Å². The fourth-order valence-electron chi connectivity index (χ4n) is 3.91. The van der Waals surface area contributed by atoms with Gasteiger partial charge in [0.05, 0.1) is 0 Å². The van der Waals surface area contributed by atoms with Crippen LogP contribution in [-0.4, -0.2) is 53.4 Å². The fourth-order valence-corrected chi connectivity index (χ4v) is 3.91. The quantitative estimate of drug-likeness (QED) is 0.116. The van der Waals surface area contributed by atoms with E-state index in [-0.39, 0.29) is 12.8 Å². The SMILES string of the molecule is CCCCCCCC(N)(CCCC(F)(F)C(F)(F)C(F)(F)C(F)(F)F)CCCC(F)(F)C(F)(F)C(F)(F)C(F)(F)F. The van der Waals surface area contributed by atoms with Crippen LogP contribution < -0.4 is 5.73 Å². The van der Waals surface area contributed by atoms with Gasteiger partial charge < -0.3 is 5.73 Å². The molecule has 0 atom stereocenters. The molecule has 41 heavy (non-hydrogen) atoms. The molecule has 2 N–H and O–H groups in total. The molecule has 1 nitrogen and oxygen atoms in total. The predicted octanol–water partition coefficient (Wildman–Crippen LogP) is 10.3. The molecule has 0 aromatic carbocycles. The molecule has 0 aromatic heterocycles. The Labute approximate surface area is 223 Å². The molecule has 0 aliphatic heterocycles. The Morgan fingerprint density at radius 3 is 0.951 bits per heavy atom. The first-order valence-corrected chi connectivity index (χ1v) is 12.2. The molecule has 19 heteroatoms. The van der Waals surface area contributed by atoms with E-state index >= 15 is 0 Å². The average Bonchev–Trinajstić information content (AvgIpc) is 2.76. The number of nitrogens with two attached hydrogens (primary N) is 1. The molecule has 0 aliphatic rings. The molecule has 0 amide bonds. The van der Waals surface area contributed by atoms with Gasteiger partial charge in [-0.25, -0.2) is 0 Å². The summed E-state index contributed by atoms with van der Waals surface area (Å²) in [5.74, 6) is -40.1.